The lowest BCUT2D eigenvalue weighted by Gasteiger charge is -2.05. The summed E-state index contributed by atoms with van der Waals surface area (Å²) in [6, 6.07) is 0. The van der Waals surface area contributed by atoms with Crippen molar-refractivity contribution in [3.63, 3.8) is 0 Å². The van der Waals surface area contributed by atoms with Gasteiger partial charge in [-0.1, -0.05) is 5.16 Å². The summed E-state index contributed by atoms with van der Waals surface area (Å²) in [4.78, 5) is 36.2. The average molecular weight is 249 g/mol. The van der Waals surface area contributed by atoms with Crippen molar-refractivity contribution in [1.29, 1.82) is 0 Å². The monoisotopic (exact) mass is 249 g/mol. The number of hydrogen-bond donors (Lipinski definition) is 0. The van der Waals surface area contributed by atoms with Gasteiger partial charge in [0.05, 0.1) is 12.4 Å². The quantitative estimate of drug-likeness (QED) is 0.503. The number of nitrogens with zero attached hydrogens (tertiary/aromatic N) is 5. The molecule has 0 aliphatic carbocycles. The highest BCUT2D eigenvalue weighted by molar-refractivity contribution is 5.80. The zero-order valence-corrected chi connectivity index (χ0v) is 10.1. The molecule has 0 aromatic carbocycles. The molecule has 2 aromatic heterocycles. The number of rotatable bonds is 2. The van der Waals surface area contributed by atoms with Crippen molar-refractivity contribution in [3.05, 3.63) is 32.7 Å². The first-order valence-electron chi connectivity index (χ1n) is 5.05. The summed E-state index contributed by atoms with van der Waals surface area (Å²) in [6.07, 6.45) is 2.74. The molecule has 2 heterocycles. The maximum absolute atomic E-state index is 11.9. The molecule has 2 rings (SSSR count). The molecule has 0 amide bonds. The van der Waals surface area contributed by atoms with Gasteiger partial charge in [-0.25, -0.2) is 14.8 Å². The third-order valence-corrected chi connectivity index (χ3v) is 2.46. The van der Waals surface area contributed by atoms with Crippen LogP contribution in [0.3, 0.4) is 0 Å². The van der Waals surface area contributed by atoms with Crippen LogP contribution in [0.4, 0.5) is 0 Å². The van der Waals surface area contributed by atoms with Crippen LogP contribution < -0.4 is 11.2 Å². The van der Waals surface area contributed by atoms with E-state index in [1.54, 1.807) is 0 Å². The second-order valence-corrected chi connectivity index (χ2v) is 3.59. The largest absolute Gasteiger partial charge is 0.399 e. The molecule has 0 radical (unpaired) electrons. The van der Waals surface area contributed by atoms with Crippen molar-refractivity contribution < 1.29 is 4.84 Å². The van der Waals surface area contributed by atoms with Crippen LogP contribution in [-0.2, 0) is 18.9 Å². The van der Waals surface area contributed by atoms with Crippen LogP contribution in [0.15, 0.2) is 20.9 Å². The Morgan fingerprint density at radius 3 is 2.72 bits per heavy atom. The van der Waals surface area contributed by atoms with Gasteiger partial charge in [0.1, 0.15) is 12.8 Å². The van der Waals surface area contributed by atoms with E-state index in [0.717, 1.165) is 4.57 Å². The fraction of sp³-hybridized carbons (Fsp3) is 0.300. The topological polar surface area (TPSA) is 91.4 Å². The predicted octanol–water partition coefficient (Wildman–Crippen LogP) is -0.992. The Hall–Kier alpha value is -2.51. The van der Waals surface area contributed by atoms with Crippen LogP contribution in [0.2, 0.25) is 0 Å². The molecule has 0 unspecified atom stereocenters. The Morgan fingerprint density at radius 1 is 1.33 bits per heavy atom. The van der Waals surface area contributed by atoms with E-state index >= 15 is 0 Å². The SMILES string of the molecule is CON=Cc1cnc2c(n1)c(=O)n(C)c(=O)n2C. The third-order valence-electron chi connectivity index (χ3n) is 2.46. The first-order valence-corrected chi connectivity index (χ1v) is 5.05. The van der Waals surface area contributed by atoms with Crippen LogP contribution in [0.1, 0.15) is 5.69 Å². The van der Waals surface area contributed by atoms with Gasteiger partial charge in [0, 0.05) is 14.1 Å². The number of aromatic nitrogens is 4. The van der Waals surface area contributed by atoms with E-state index in [-0.39, 0.29) is 11.2 Å². The minimum atomic E-state index is -0.492. The normalized spacial score (nSPS) is 11.3. The Bertz CT molecular complexity index is 743. The molecule has 8 heteroatoms. The zero-order chi connectivity index (χ0) is 13.3. The summed E-state index contributed by atoms with van der Waals surface area (Å²) >= 11 is 0. The predicted molar refractivity (Wildman–Crippen MR) is 64.6 cm³/mol. The van der Waals surface area contributed by atoms with Gasteiger partial charge in [-0.2, -0.15) is 0 Å². The minimum Gasteiger partial charge on any atom is -0.399 e. The summed E-state index contributed by atoms with van der Waals surface area (Å²) in [7, 11) is 4.32. The standard InChI is InChI=1S/C10H11N5O3/c1-14-8-7(9(16)15(2)10(14)17)13-6(4-11-8)5-12-18-3/h4-5H,1-3H3. The van der Waals surface area contributed by atoms with Crippen LogP contribution in [0.25, 0.3) is 11.2 Å². The van der Waals surface area contributed by atoms with Crippen molar-refractivity contribution >= 4 is 17.4 Å². The molecule has 0 bridgehead atoms. The molecular weight excluding hydrogens is 238 g/mol. The fourth-order valence-electron chi connectivity index (χ4n) is 1.52. The fourth-order valence-corrected chi connectivity index (χ4v) is 1.52. The molecule has 18 heavy (non-hydrogen) atoms. The molecule has 0 fully saturated rings. The van der Waals surface area contributed by atoms with Crippen molar-refractivity contribution in [2.45, 2.75) is 0 Å². The molecule has 0 saturated heterocycles. The second-order valence-electron chi connectivity index (χ2n) is 3.59. The van der Waals surface area contributed by atoms with Crippen LogP contribution in [0.5, 0.6) is 0 Å². The Labute approximate surface area is 101 Å². The second kappa shape index (κ2) is 4.40. The summed E-state index contributed by atoms with van der Waals surface area (Å²) in [5, 5.41) is 3.54. The van der Waals surface area contributed by atoms with E-state index in [0.29, 0.717) is 5.69 Å². The number of fused-ring (bicyclic) bond motifs is 1. The first kappa shape index (κ1) is 12.0. The highest BCUT2D eigenvalue weighted by Crippen LogP contribution is 2.00. The Balaban J connectivity index is 2.82. The van der Waals surface area contributed by atoms with Crippen LogP contribution in [0, 0.1) is 0 Å². The van der Waals surface area contributed by atoms with Gasteiger partial charge in [-0.05, 0) is 0 Å². The molecular formula is C10H11N5O3. The maximum Gasteiger partial charge on any atom is 0.332 e. The first-order chi connectivity index (χ1) is 8.56. The van der Waals surface area contributed by atoms with E-state index in [1.807, 2.05) is 0 Å². The number of oxime groups is 1. The summed E-state index contributed by atoms with van der Waals surface area (Å²) in [5.41, 5.74) is -0.217. The molecule has 2 aromatic rings. The Kier molecular flexibility index (Phi) is 2.92. The van der Waals surface area contributed by atoms with Gasteiger partial charge in [-0.3, -0.25) is 13.9 Å². The van der Waals surface area contributed by atoms with Crippen molar-refractivity contribution in [3.8, 4) is 0 Å². The molecule has 0 atom stereocenters. The lowest BCUT2D eigenvalue weighted by atomic mass is 10.4. The highest BCUT2D eigenvalue weighted by atomic mass is 16.6. The van der Waals surface area contributed by atoms with Gasteiger partial charge in [0.2, 0.25) is 0 Å². The van der Waals surface area contributed by atoms with E-state index < -0.39 is 11.2 Å². The lowest BCUT2D eigenvalue weighted by molar-refractivity contribution is 0.215. The molecule has 0 aliphatic rings. The van der Waals surface area contributed by atoms with Gasteiger partial charge in [-0.15, -0.1) is 0 Å². The van der Waals surface area contributed by atoms with E-state index in [1.165, 1.54) is 38.2 Å². The number of aryl methyl sites for hydroxylation is 1. The van der Waals surface area contributed by atoms with Crippen molar-refractivity contribution in [2.24, 2.45) is 19.3 Å². The number of hydrogen-bond acceptors (Lipinski definition) is 6. The van der Waals surface area contributed by atoms with Crippen LogP contribution >= 0.6 is 0 Å². The van der Waals surface area contributed by atoms with Crippen molar-refractivity contribution in [1.82, 2.24) is 19.1 Å². The molecule has 94 valence electrons. The minimum absolute atomic E-state index is 0.111. The average Bonchev–Trinajstić information content (AvgIpc) is 2.40. The molecule has 0 saturated carbocycles. The summed E-state index contributed by atoms with van der Waals surface area (Å²) in [5.74, 6) is 0. The molecule has 0 spiro atoms. The zero-order valence-electron chi connectivity index (χ0n) is 10.1. The van der Waals surface area contributed by atoms with E-state index in [9.17, 15) is 9.59 Å². The molecule has 8 nitrogen and oxygen atoms in total. The lowest BCUT2D eigenvalue weighted by Crippen LogP contribution is -2.37. The smallest absolute Gasteiger partial charge is 0.332 e. The maximum atomic E-state index is 11.9. The van der Waals surface area contributed by atoms with E-state index in [4.69, 9.17) is 0 Å². The molecule has 0 N–H and O–H groups in total. The summed E-state index contributed by atoms with van der Waals surface area (Å²) in [6.45, 7) is 0. The third kappa shape index (κ3) is 1.77. The van der Waals surface area contributed by atoms with Gasteiger partial charge >= 0.3 is 5.69 Å². The van der Waals surface area contributed by atoms with E-state index in [2.05, 4.69) is 20.0 Å². The van der Waals surface area contributed by atoms with Gasteiger partial charge in [0.15, 0.2) is 11.2 Å². The van der Waals surface area contributed by atoms with Crippen molar-refractivity contribution in [2.75, 3.05) is 7.11 Å². The molecule has 0 aliphatic heterocycles. The summed E-state index contributed by atoms with van der Waals surface area (Å²) < 4.78 is 2.25. The van der Waals surface area contributed by atoms with Crippen LogP contribution in [-0.4, -0.2) is 32.4 Å². The van der Waals surface area contributed by atoms with Gasteiger partial charge in [0.25, 0.3) is 5.56 Å². The Morgan fingerprint density at radius 2 is 2.06 bits per heavy atom. The van der Waals surface area contributed by atoms with Gasteiger partial charge < -0.3 is 4.84 Å². The highest BCUT2D eigenvalue weighted by Gasteiger charge is 2.10.